The minimum Gasteiger partial charge on any atom is -0.496 e. The van der Waals surface area contributed by atoms with Crippen molar-refractivity contribution in [1.29, 1.82) is 0 Å². The van der Waals surface area contributed by atoms with Gasteiger partial charge in [-0.05, 0) is 61.2 Å². The van der Waals surface area contributed by atoms with E-state index in [1.807, 2.05) is 36.3 Å². The number of carbonyl (C=O) groups is 1. The molecule has 1 atom stereocenters. The van der Waals surface area contributed by atoms with Crippen LogP contribution < -0.4 is 4.74 Å². The van der Waals surface area contributed by atoms with E-state index in [0.29, 0.717) is 37.2 Å². The van der Waals surface area contributed by atoms with Crippen LogP contribution in [0.5, 0.6) is 5.75 Å². The molecule has 1 fully saturated rings. The minimum absolute atomic E-state index is 0.193. The molecule has 7 nitrogen and oxygen atoms in total. The van der Waals surface area contributed by atoms with Gasteiger partial charge in [0.1, 0.15) is 17.3 Å². The first-order chi connectivity index (χ1) is 19.0. The molecule has 200 valence electrons. The molecule has 0 N–H and O–H groups in total. The largest absolute Gasteiger partial charge is 0.496 e. The average molecular weight is 526 g/mol. The van der Waals surface area contributed by atoms with Gasteiger partial charge in [-0.1, -0.05) is 12.1 Å². The molecule has 2 aromatic carbocycles. The van der Waals surface area contributed by atoms with Gasteiger partial charge in [0, 0.05) is 73.1 Å². The van der Waals surface area contributed by atoms with Crippen molar-refractivity contribution >= 4 is 22.4 Å². The van der Waals surface area contributed by atoms with E-state index in [1.165, 1.54) is 6.07 Å². The molecular weight excluding hydrogens is 493 g/mol. The number of nitrogens with zero attached hydrogens (tertiary/aromatic N) is 5. The molecule has 6 rings (SSSR count). The van der Waals surface area contributed by atoms with Gasteiger partial charge < -0.3 is 4.74 Å². The van der Waals surface area contributed by atoms with Gasteiger partial charge in [0.25, 0.3) is 0 Å². The number of benzene rings is 2. The summed E-state index contributed by atoms with van der Waals surface area (Å²) in [5, 5.41) is 5.53. The summed E-state index contributed by atoms with van der Waals surface area (Å²) in [5.41, 5.74) is 6.46. The van der Waals surface area contributed by atoms with Crippen molar-refractivity contribution in [1.82, 2.24) is 19.7 Å². The Morgan fingerprint density at radius 2 is 2.10 bits per heavy atom. The zero-order chi connectivity index (χ0) is 26.9. The van der Waals surface area contributed by atoms with Crippen LogP contribution in [0.15, 0.2) is 59.9 Å². The van der Waals surface area contributed by atoms with Crippen molar-refractivity contribution in [3.63, 3.8) is 0 Å². The molecule has 2 aromatic heterocycles. The number of aliphatic imine (C=N–C) groups is 1. The smallest absolute Gasteiger partial charge is 0.139 e. The van der Waals surface area contributed by atoms with Crippen LogP contribution >= 0.6 is 0 Å². The quantitative estimate of drug-likeness (QED) is 0.328. The second-order valence-corrected chi connectivity index (χ2v) is 10.7. The number of likely N-dealkylation sites (tertiary alicyclic amines) is 1. The number of ketones is 1. The Morgan fingerprint density at radius 1 is 1.21 bits per heavy atom. The van der Waals surface area contributed by atoms with E-state index in [0.717, 1.165) is 64.9 Å². The third kappa shape index (κ3) is 5.34. The maximum absolute atomic E-state index is 14.4. The van der Waals surface area contributed by atoms with Crippen LogP contribution in [0.1, 0.15) is 47.2 Å². The number of aromatic nitrogens is 3. The highest BCUT2D eigenvalue weighted by Crippen LogP contribution is 2.28. The molecule has 0 unspecified atom stereocenters. The van der Waals surface area contributed by atoms with E-state index in [9.17, 15) is 9.18 Å². The Morgan fingerprint density at radius 3 is 2.97 bits per heavy atom. The first-order valence-electron chi connectivity index (χ1n) is 13.5. The van der Waals surface area contributed by atoms with Crippen molar-refractivity contribution in [3.8, 4) is 5.75 Å². The Kier molecular flexibility index (Phi) is 6.95. The molecule has 0 aliphatic carbocycles. The molecular formula is C31H32FN5O2. The molecule has 2 aliphatic heterocycles. The van der Waals surface area contributed by atoms with Crippen LogP contribution in [0.4, 0.5) is 4.39 Å². The van der Waals surface area contributed by atoms with E-state index < -0.39 is 0 Å². The molecule has 1 saturated heterocycles. The standard InChI is InChI=1S/C31H32FN5O2/c1-36-18-23-12-21(8-9-29(23)35-36)31-26-16-33-24(13-22(26)15-34-31)14-25(38)11-20-5-4-10-37(17-20)19-27-28(32)6-3-7-30(27)39-2/h3,6-9,12-13,16,18,20H,4-5,10-11,14-15,17,19H2,1-2H3/t20-/m0/s1. The number of fused-ring (bicyclic) bond motifs is 2. The Labute approximate surface area is 227 Å². The van der Waals surface area contributed by atoms with Crippen molar-refractivity contribution in [3.05, 3.63) is 88.6 Å². The molecule has 39 heavy (non-hydrogen) atoms. The lowest BCUT2D eigenvalue weighted by Gasteiger charge is -2.32. The van der Waals surface area contributed by atoms with Crippen molar-refractivity contribution < 1.29 is 13.9 Å². The van der Waals surface area contributed by atoms with Gasteiger partial charge >= 0.3 is 0 Å². The van der Waals surface area contributed by atoms with E-state index in [-0.39, 0.29) is 17.5 Å². The topological polar surface area (TPSA) is 72.6 Å². The number of hydrogen-bond acceptors (Lipinski definition) is 6. The first-order valence-corrected chi connectivity index (χ1v) is 13.5. The van der Waals surface area contributed by atoms with Crippen molar-refractivity contribution in [2.75, 3.05) is 20.2 Å². The number of Topliss-reactive ketones (excluding diaryl/α,β-unsaturated/α-hetero) is 1. The second kappa shape index (κ2) is 10.7. The van der Waals surface area contributed by atoms with E-state index in [1.54, 1.807) is 19.2 Å². The van der Waals surface area contributed by atoms with Crippen LogP contribution in [-0.4, -0.2) is 51.4 Å². The number of hydrogen-bond donors (Lipinski definition) is 0. The highest BCUT2D eigenvalue weighted by molar-refractivity contribution is 6.16. The molecule has 0 bridgehead atoms. The predicted octanol–water partition coefficient (Wildman–Crippen LogP) is 4.88. The number of halogens is 1. The molecule has 2 aliphatic rings. The van der Waals surface area contributed by atoms with Crippen LogP contribution in [0.3, 0.4) is 0 Å². The maximum Gasteiger partial charge on any atom is 0.139 e. The maximum atomic E-state index is 14.4. The lowest BCUT2D eigenvalue weighted by molar-refractivity contribution is -0.119. The monoisotopic (exact) mass is 525 g/mol. The van der Waals surface area contributed by atoms with Crippen LogP contribution in [-0.2, 0) is 31.4 Å². The molecule has 0 radical (unpaired) electrons. The van der Waals surface area contributed by atoms with Gasteiger partial charge in [-0.15, -0.1) is 0 Å². The van der Waals surface area contributed by atoms with E-state index in [4.69, 9.17) is 9.73 Å². The summed E-state index contributed by atoms with van der Waals surface area (Å²) in [4.78, 5) is 24.7. The fraction of sp³-hybridized carbons (Fsp3) is 0.355. The summed E-state index contributed by atoms with van der Waals surface area (Å²) in [6.07, 6.45) is 6.70. The predicted molar refractivity (Wildman–Crippen MR) is 149 cm³/mol. The van der Waals surface area contributed by atoms with Gasteiger partial charge in [0.2, 0.25) is 0 Å². The molecule has 4 heterocycles. The van der Waals surface area contributed by atoms with Gasteiger partial charge in [0.15, 0.2) is 0 Å². The van der Waals surface area contributed by atoms with Gasteiger partial charge in [-0.3, -0.25) is 24.4 Å². The zero-order valence-corrected chi connectivity index (χ0v) is 22.4. The SMILES string of the molecule is COc1cccc(F)c1CN1CCC[C@@H](CC(=O)Cc2cc3c(cn2)C(c2ccc4nn(C)cc4c2)=NC3)C1. The van der Waals surface area contributed by atoms with Crippen molar-refractivity contribution in [2.24, 2.45) is 18.0 Å². The van der Waals surface area contributed by atoms with Crippen LogP contribution in [0.2, 0.25) is 0 Å². The summed E-state index contributed by atoms with van der Waals surface area (Å²) in [7, 11) is 3.49. The van der Waals surface area contributed by atoms with Crippen LogP contribution in [0.25, 0.3) is 10.9 Å². The Bertz CT molecular complexity index is 1580. The van der Waals surface area contributed by atoms with Crippen molar-refractivity contribution in [2.45, 2.75) is 38.8 Å². The lowest BCUT2D eigenvalue weighted by Crippen LogP contribution is -2.36. The number of methoxy groups -OCH3 is 1. The molecule has 8 heteroatoms. The second-order valence-electron chi connectivity index (χ2n) is 10.7. The highest BCUT2D eigenvalue weighted by atomic mass is 19.1. The molecule has 0 saturated carbocycles. The fourth-order valence-corrected chi connectivity index (χ4v) is 5.94. The highest BCUT2D eigenvalue weighted by Gasteiger charge is 2.25. The summed E-state index contributed by atoms with van der Waals surface area (Å²) in [6, 6.07) is 13.1. The average Bonchev–Trinajstić information content (AvgIpc) is 3.51. The number of carbonyl (C=O) groups excluding carboxylic acids is 1. The van der Waals surface area contributed by atoms with Gasteiger partial charge in [-0.2, -0.15) is 5.10 Å². The van der Waals surface area contributed by atoms with Crippen LogP contribution in [0, 0.1) is 11.7 Å². The number of pyridine rings is 1. The fourth-order valence-electron chi connectivity index (χ4n) is 5.94. The number of ether oxygens (including phenoxy) is 1. The summed E-state index contributed by atoms with van der Waals surface area (Å²) in [5.74, 6) is 0.773. The first kappa shape index (κ1) is 25.4. The zero-order valence-electron chi connectivity index (χ0n) is 22.4. The number of aryl methyl sites for hydroxylation is 1. The normalized spacial score (nSPS) is 17.3. The Hall–Kier alpha value is -3.91. The summed E-state index contributed by atoms with van der Waals surface area (Å²) in [6.45, 7) is 2.75. The number of rotatable bonds is 8. The lowest BCUT2D eigenvalue weighted by atomic mass is 9.91. The van der Waals surface area contributed by atoms with E-state index >= 15 is 0 Å². The Balaban J connectivity index is 1.08. The van der Waals surface area contributed by atoms with Gasteiger partial charge in [-0.25, -0.2) is 4.39 Å². The molecule has 0 amide bonds. The molecule has 0 spiro atoms. The third-order valence-corrected chi connectivity index (χ3v) is 7.78. The van der Waals surface area contributed by atoms with E-state index in [2.05, 4.69) is 27.1 Å². The third-order valence-electron chi connectivity index (χ3n) is 7.78. The molecule has 4 aromatic rings. The summed E-state index contributed by atoms with van der Waals surface area (Å²) >= 11 is 0. The van der Waals surface area contributed by atoms with Gasteiger partial charge in [0.05, 0.1) is 24.9 Å². The summed E-state index contributed by atoms with van der Waals surface area (Å²) < 4.78 is 21.6. The number of piperidine rings is 1. The minimum atomic E-state index is -0.250.